The van der Waals surface area contributed by atoms with Crippen LogP contribution in [0.1, 0.15) is 32.8 Å². The lowest BCUT2D eigenvalue weighted by atomic mass is 10.2. The largest absolute Gasteiger partial charge is 0.370 e. The Hall–Kier alpha value is -3.27. The summed E-state index contributed by atoms with van der Waals surface area (Å²) in [4.78, 5) is 50.0. The second-order valence-electron chi connectivity index (χ2n) is 5.22. The van der Waals surface area contributed by atoms with Crippen molar-refractivity contribution in [3.8, 4) is 0 Å². The van der Waals surface area contributed by atoms with Crippen molar-refractivity contribution in [2.24, 2.45) is 5.73 Å². The second-order valence-corrected chi connectivity index (χ2v) is 6.25. The number of benzene rings is 1. The minimum Gasteiger partial charge on any atom is -0.370 e. The molecule has 1 aromatic carbocycles. The van der Waals surface area contributed by atoms with Crippen LogP contribution in [0.4, 0.5) is 16.2 Å². The van der Waals surface area contributed by atoms with Gasteiger partial charge >= 0.3 is 6.03 Å². The van der Waals surface area contributed by atoms with Crippen LogP contribution in [0, 0.1) is 0 Å². The highest BCUT2D eigenvalue weighted by Gasteiger charge is 2.13. The zero-order chi connectivity index (χ0) is 19.1. The van der Waals surface area contributed by atoms with Crippen LogP contribution in [0.3, 0.4) is 0 Å². The summed E-state index contributed by atoms with van der Waals surface area (Å²) in [6.07, 6.45) is 1.38. The van der Waals surface area contributed by atoms with Crippen molar-refractivity contribution in [1.82, 2.24) is 10.3 Å². The monoisotopic (exact) mass is 375 g/mol. The average molecular weight is 375 g/mol. The summed E-state index contributed by atoms with van der Waals surface area (Å²) in [5.41, 5.74) is 5.90. The summed E-state index contributed by atoms with van der Waals surface area (Å²) in [6.45, 7) is 1.51. The Labute approximate surface area is 153 Å². The van der Waals surface area contributed by atoms with Crippen LogP contribution < -0.4 is 21.7 Å². The molecule has 0 radical (unpaired) electrons. The molecule has 1 aromatic heterocycles. The third kappa shape index (κ3) is 5.67. The van der Waals surface area contributed by atoms with Crippen molar-refractivity contribution in [2.45, 2.75) is 13.3 Å². The molecule has 0 aliphatic heterocycles. The maximum absolute atomic E-state index is 12.2. The van der Waals surface area contributed by atoms with Gasteiger partial charge in [0.25, 0.3) is 5.91 Å². The van der Waals surface area contributed by atoms with Crippen LogP contribution in [0.2, 0.25) is 0 Å². The average Bonchev–Trinajstić information content (AvgIpc) is 3.05. The number of aromatic nitrogens is 1. The molecule has 0 unspecified atom stereocenters. The molecular formula is C16H17N5O4S. The number of nitrogens with one attached hydrogen (secondary N) is 3. The molecule has 26 heavy (non-hydrogen) atoms. The Morgan fingerprint density at radius 3 is 2.46 bits per heavy atom. The first-order valence-electron chi connectivity index (χ1n) is 7.56. The molecule has 0 fully saturated rings. The Kier molecular flexibility index (Phi) is 6.39. The maximum Gasteiger partial charge on any atom is 0.319 e. The quantitative estimate of drug-likeness (QED) is 0.543. The SMILES string of the molecule is CC(=O)c1ncc(C(=O)Nc2cccc(NC(=O)NCCC(N)=O)c2)s1. The van der Waals surface area contributed by atoms with Gasteiger partial charge in [-0.1, -0.05) is 6.07 Å². The molecule has 4 amide bonds. The lowest BCUT2D eigenvalue weighted by Crippen LogP contribution is -2.31. The number of urea groups is 1. The van der Waals surface area contributed by atoms with E-state index in [0.29, 0.717) is 16.3 Å². The summed E-state index contributed by atoms with van der Waals surface area (Å²) in [5.74, 6) is -1.12. The van der Waals surface area contributed by atoms with E-state index >= 15 is 0 Å². The Morgan fingerprint density at radius 2 is 1.85 bits per heavy atom. The van der Waals surface area contributed by atoms with E-state index in [1.54, 1.807) is 24.3 Å². The van der Waals surface area contributed by atoms with Crippen molar-refractivity contribution in [3.63, 3.8) is 0 Å². The van der Waals surface area contributed by atoms with E-state index in [1.165, 1.54) is 13.1 Å². The number of thiazole rings is 1. The van der Waals surface area contributed by atoms with Gasteiger partial charge in [0.15, 0.2) is 10.8 Å². The lowest BCUT2D eigenvalue weighted by Gasteiger charge is -2.09. The fourth-order valence-corrected chi connectivity index (χ4v) is 2.59. The summed E-state index contributed by atoms with van der Waals surface area (Å²) < 4.78 is 0. The molecule has 9 nitrogen and oxygen atoms in total. The number of primary amides is 1. The zero-order valence-corrected chi connectivity index (χ0v) is 14.7. The third-order valence-electron chi connectivity index (χ3n) is 3.07. The van der Waals surface area contributed by atoms with Crippen LogP contribution in [0.5, 0.6) is 0 Å². The second kappa shape index (κ2) is 8.72. The molecule has 5 N–H and O–H groups in total. The molecule has 0 aliphatic rings. The van der Waals surface area contributed by atoms with E-state index in [4.69, 9.17) is 5.73 Å². The van der Waals surface area contributed by atoms with E-state index in [1.807, 2.05) is 0 Å². The van der Waals surface area contributed by atoms with E-state index < -0.39 is 17.8 Å². The fraction of sp³-hybridized carbons (Fsp3) is 0.188. The maximum atomic E-state index is 12.2. The van der Waals surface area contributed by atoms with Crippen molar-refractivity contribution < 1.29 is 19.2 Å². The van der Waals surface area contributed by atoms with Gasteiger partial charge in [-0.2, -0.15) is 0 Å². The zero-order valence-electron chi connectivity index (χ0n) is 13.9. The fourth-order valence-electron chi connectivity index (χ4n) is 1.88. The Bertz CT molecular complexity index is 849. The number of nitrogens with zero attached hydrogens (tertiary/aromatic N) is 1. The van der Waals surface area contributed by atoms with Crippen molar-refractivity contribution >= 4 is 46.3 Å². The van der Waals surface area contributed by atoms with Gasteiger partial charge in [0, 0.05) is 31.3 Å². The van der Waals surface area contributed by atoms with Crippen LogP contribution in [-0.2, 0) is 4.79 Å². The lowest BCUT2D eigenvalue weighted by molar-refractivity contribution is -0.117. The molecule has 10 heteroatoms. The number of nitrogens with two attached hydrogens (primary N) is 1. The number of hydrogen-bond acceptors (Lipinski definition) is 6. The van der Waals surface area contributed by atoms with Gasteiger partial charge in [-0.05, 0) is 18.2 Å². The van der Waals surface area contributed by atoms with Crippen LogP contribution in [-0.4, -0.2) is 35.2 Å². The van der Waals surface area contributed by atoms with Gasteiger partial charge in [0.05, 0.1) is 6.20 Å². The highest BCUT2D eigenvalue weighted by atomic mass is 32.1. The molecule has 136 valence electrons. The first kappa shape index (κ1) is 19.1. The smallest absolute Gasteiger partial charge is 0.319 e. The predicted molar refractivity (Wildman–Crippen MR) is 97.3 cm³/mol. The third-order valence-corrected chi connectivity index (χ3v) is 4.16. The number of hydrogen-bond donors (Lipinski definition) is 4. The van der Waals surface area contributed by atoms with Gasteiger partial charge in [-0.15, -0.1) is 11.3 Å². The van der Waals surface area contributed by atoms with Crippen molar-refractivity contribution in [2.75, 3.05) is 17.2 Å². The molecule has 0 saturated heterocycles. The predicted octanol–water partition coefficient (Wildman–Crippen LogP) is 1.59. The first-order chi connectivity index (χ1) is 12.3. The minimum atomic E-state index is -0.508. The molecule has 0 saturated carbocycles. The van der Waals surface area contributed by atoms with Crippen molar-refractivity contribution in [3.05, 3.63) is 40.3 Å². The van der Waals surface area contributed by atoms with Gasteiger partial charge in [-0.25, -0.2) is 9.78 Å². The van der Waals surface area contributed by atoms with Crippen LogP contribution in [0.25, 0.3) is 0 Å². The number of carbonyl (C=O) groups is 4. The summed E-state index contributed by atoms with van der Waals surface area (Å²) in [7, 11) is 0. The Balaban J connectivity index is 1.95. The standard InChI is InChI=1S/C16H17N5O4S/c1-9(22)15-19-8-12(26-15)14(24)20-10-3-2-4-11(7-10)21-16(25)18-6-5-13(17)23/h2-4,7-8H,5-6H2,1H3,(H2,17,23)(H,20,24)(H2,18,21,25). The first-order valence-corrected chi connectivity index (χ1v) is 8.38. The summed E-state index contributed by atoms with van der Waals surface area (Å²) >= 11 is 1.00. The highest BCUT2D eigenvalue weighted by molar-refractivity contribution is 7.15. The molecule has 2 aromatic rings. The van der Waals surface area contributed by atoms with E-state index in [-0.39, 0.29) is 23.8 Å². The van der Waals surface area contributed by atoms with E-state index in [9.17, 15) is 19.2 Å². The number of Topliss-reactive ketones (excluding diaryl/α,β-unsaturated/α-hetero) is 1. The molecule has 0 spiro atoms. The van der Waals surface area contributed by atoms with Gasteiger partial charge in [-0.3, -0.25) is 14.4 Å². The van der Waals surface area contributed by atoms with Crippen molar-refractivity contribution in [1.29, 1.82) is 0 Å². The number of anilines is 2. The topological polar surface area (TPSA) is 143 Å². The molecule has 0 bridgehead atoms. The van der Waals surface area contributed by atoms with E-state index in [2.05, 4.69) is 20.9 Å². The minimum absolute atomic E-state index is 0.0423. The molecule has 0 atom stereocenters. The Morgan fingerprint density at radius 1 is 1.15 bits per heavy atom. The summed E-state index contributed by atoms with van der Waals surface area (Å²) in [6, 6.07) is 6.02. The number of ketones is 1. The molecular weight excluding hydrogens is 358 g/mol. The number of carbonyl (C=O) groups excluding carboxylic acids is 4. The molecule has 2 rings (SSSR count). The van der Waals surface area contributed by atoms with Gasteiger partial charge in [0.1, 0.15) is 4.88 Å². The highest BCUT2D eigenvalue weighted by Crippen LogP contribution is 2.18. The van der Waals surface area contributed by atoms with E-state index in [0.717, 1.165) is 11.3 Å². The van der Waals surface area contributed by atoms with Gasteiger partial charge < -0.3 is 21.7 Å². The number of amides is 4. The molecule has 1 heterocycles. The normalized spacial score (nSPS) is 10.0. The molecule has 0 aliphatic carbocycles. The van der Waals surface area contributed by atoms with Crippen LogP contribution in [0.15, 0.2) is 30.5 Å². The summed E-state index contributed by atoms with van der Waals surface area (Å²) in [5, 5.41) is 8.00. The van der Waals surface area contributed by atoms with Gasteiger partial charge in [0.2, 0.25) is 5.91 Å². The van der Waals surface area contributed by atoms with Crippen LogP contribution >= 0.6 is 11.3 Å². The number of rotatable bonds is 7.